The zero-order valence-corrected chi connectivity index (χ0v) is 9.62. The summed E-state index contributed by atoms with van der Waals surface area (Å²) >= 11 is 0.964. The maximum absolute atomic E-state index is 11.2. The number of rotatable bonds is 2. The molecule has 5 nitrogen and oxygen atoms in total. The van der Waals surface area contributed by atoms with Crippen molar-refractivity contribution < 1.29 is 13.2 Å². The van der Waals surface area contributed by atoms with Gasteiger partial charge in [0.1, 0.15) is 4.21 Å². The molecule has 0 bridgehead atoms. The van der Waals surface area contributed by atoms with E-state index in [1.54, 1.807) is 6.92 Å². The van der Waals surface area contributed by atoms with Gasteiger partial charge >= 0.3 is 0 Å². The summed E-state index contributed by atoms with van der Waals surface area (Å²) in [5.41, 5.74) is 0.418. The van der Waals surface area contributed by atoms with Crippen molar-refractivity contribution in [2.45, 2.75) is 18.1 Å². The molecule has 0 spiro atoms. The Hall–Kier alpha value is -0.950. The molecule has 78 valence electrons. The topological polar surface area (TPSA) is 76.1 Å². The summed E-state index contributed by atoms with van der Waals surface area (Å²) in [5, 5.41) is 2.76. The normalized spacial score (nSPS) is 11.4. The van der Waals surface area contributed by atoms with Crippen molar-refractivity contribution in [3.05, 3.63) is 5.69 Å². The molecule has 1 aromatic rings. The molecule has 0 aromatic carbocycles. The molecule has 1 N–H and O–H groups in total. The fraction of sp³-hybridized carbons (Fsp3) is 0.429. The highest BCUT2D eigenvalue weighted by molar-refractivity contribution is 7.92. The SMILES string of the molecule is CC(=O)Nc1nc(C)c(S(C)(=O)=O)s1. The van der Waals surface area contributed by atoms with E-state index >= 15 is 0 Å². The number of nitrogens with one attached hydrogen (secondary N) is 1. The molecule has 14 heavy (non-hydrogen) atoms. The number of carbonyl (C=O) groups is 1. The van der Waals surface area contributed by atoms with E-state index in [-0.39, 0.29) is 10.1 Å². The van der Waals surface area contributed by atoms with Crippen molar-refractivity contribution >= 4 is 32.2 Å². The van der Waals surface area contributed by atoms with Crippen LogP contribution in [0.15, 0.2) is 4.21 Å². The summed E-state index contributed by atoms with van der Waals surface area (Å²) in [7, 11) is -3.24. The quantitative estimate of drug-likeness (QED) is 0.821. The van der Waals surface area contributed by atoms with E-state index < -0.39 is 9.84 Å². The average molecular weight is 234 g/mol. The molecule has 1 amide bonds. The first-order chi connectivity index (χ1) is 6.30. The van der Waals surface area contributed by atoms with E-state index in [4.69, 9.17) is 0 Å². The molecule has 0 radical (unpaired) electrons. The van der Waals surface area contributed by atoms with E-state index in [0.29, 0.717) is 10.8 Å². The van der Waals surface area contributed by atoms with Crippen LogP contribution < -0.4 is 5.32 Å². The monoisotopic (exact) mass is 234 g/mol. The van der Waals surface area contributed by atoms with Gasteiger partial charge in [0.25, 0.3) is 0 Å². The largest absolute Gasteiger partial charge is 0.302 e. The number of aryl methyl sites for hydroxylation is 1. The fourth-order valence-electron chi connectivity index (χ4n) is 0.930. The second-order valence-corrected chi connectivity index (χ2v) is 6.06. The van der Waals surface area contributed by atoms with Crippen LogP contribution in [0.2, 0.25) is 0 Å². The molecular formula is C7H10N2O3S2. The molecule has 0 saturated carbocycles. The third-order valence-corrected chi connectivity index (χ3v) is 4.37. The Kier molecular flexibility index (Phi) is 2.91. The fourth-order valence-corrected chi connectivity index (χ4v) is 3.10. The highest BCUT2D eigenvalue weighted by atomic mass is 32.2. The van der Waals surface area contributed by atoms with E-state index in [9.17, 15) is 13.2 Å². The van der Waals surface area contributed by atoms with E-state index in [1.807, 2.05) is 0 Å². The molecule has 0 atom stereocenters. The first-order valence-electron chi connectivity index (χ1n) is 3.76. The van der Waals surface area contributed by atoms with Crippen molar-refractivity contribution in [2.75, 3.05) is 11.6 Å². The van der Waals surface area contributed by atoms with Gasteiger partial charge in [-0.2, -0.15) is 0 Å². The van der Waals surface area contributed by atoms with Gasteiger partial charge in [0.15, 0.2) is 15.0 Å². The van der Waals surface area contributed by atoms with Gasteiger partial charge in [0.05, 0.1) is 5.69 Å². The van der Waals surface area contributed by atoms with Crippen molar-refractivity contribution in [3.63, 3.8) is 0 Å². The van der Waals surface area contributed by atoms with E-state index in [2.05, 4.69) is 10.3 Å². The van der Waals surface area contributed by atoms with Gasteiger partial charge in [-0.3, -0.25) is 4.79 Å². The molecule has 1 rings (SSSR count). The first-order valence-corrected chi connectivity index (χ1v) is 6.46. The molecule has 0 aliphatic heterocycles. The number of carbonyl (C=O) groups excluding carboxylic acids is 1. The van der Waals surface area contributed by atoms with Gasteiger partial charge < -0.3 is 5.32 Å². The van der Waals surface area contributed by atoms with Gasteiger partial charge in [-0.05, 0) is 6.92 Å². The van der Waals surface area contributed by atoms with Gasteiger partial charge in [0.2, 0.25) is 5.91 Å². The number of hydrogen-bond donors (Lipinski definition) is 1. The van der Waals surface area contributed by atoms with Crippen LogP contribution in [-0.2, 0) is 14.6 Å². The molecule has 1 aromatic heterocycles. The van der Waals surface area contributed by atoms with Gasteiger partial charge in [-0.25, -0.2) is 13.4 Å². The van der Waals surface area contributed by atoms with Crippen LogP contribution in [0, 0.1) is 6.92 Å². The van der Waals surface area contributed by atoms with Gasteiger partial charge in [-0.1, -0.05) is 11.3 Å². The Bertz CT molecular complexity index is 461. The summed E-state index contributed by atoms with van der Waals surface area (Å²) in [6.07, 6.45) is 1.12. The lowest BCUT2D eigenvalue weighted by Gasteiger charge is -1.92. The number of thiazole rings is 1. The Balaban J connectivity index is 3.12. The van der Waals surface area contributed by atoms with Crippen molar-refractivity contribution in [1.29, 1.82) is 0 Å². The highest BCUT2D eigenvalue weighted by Crippen LogP contribution is 2.26. The van der Waals surface area contributed by atoms with Crippen molar-refractivity contribution in [1.82, 2.24) is 4.98 Å². The van der Waals surface area contributed by atoms with Crippen molar-refractivity contribution in [2.24, 2.45) is 0 Å². The number of aromatic nitrogens is 1. The predicted octanol–water partition coefficient (Wildman–Crippen LogP) is 0.813. The van der Waals surface area contributed by atoms with Gasteiger partial charge in [0, 0.05) is 13.2 Å². The lowest BCUT2D eigenvalue weighted by atomic mass is 10.6. The highest BCUT2D eigenvalue weighted by Gasteiger charge is 2.17. The molecule has 7 heteroatoms. The summed E-state index contributed by atoms with van der Waals surface area (Å²) in [5.74, 6) is -0.265. The van der Waals surface area contributed by atoms with Crippen LogP contribution in [0.3, 0.4) is 0 Å². The van der Waals surface area contributed by atoms with Crippen LogP contribution in [0.5, 0.6) is 0 Å². The molecular weight excluding hydrogens is 224 g/mol. The number of hydrogen-bond acceptors (Lipinski definition) is 5. The maximum Gasteiger partial charge on any atom is 0.223 e. The first kappa shape index (κ1) is 11.1. The lowest BCUT2D eigenvalue weighted by Crippen LogP contribution is -2.04. The van der Waals surface area contributed by atoms with E-state index in [1.165, 1.54) is 6.92 Å². The smallest absolute Gasteiger partial charge is 0.223 e. The van der Waals surface area contributed by atoms with Gasteiger partial charge in [-0.15, -0.1) is 0 Å². The molecule has 0 aliphatic carbocycles. The second kappa shape index (κ2) is 3.66. The van der Waals surface area contributed by atoms with E-state index in [0.717, 1.165) is 17.6 Å². The molecule has 0 unspecified atom stereocenters. The predicted molar refractivity (Wildman–Crippen MR) is 54.3 cm³/mol. The summed E-state index contributed by atoms with van der Waals surface area (Å²) in [4.78, 5) is 14.6. The van der Waals surface area contributed by atoms with Crippen LogP contribution in [0.25, 0.3) is 0 Å². The van der Waals surface area contributed by atoms with Crippen LogP contribution in [0.4, 0.5) is 5.13 Å². The summed E-state index contributed by atoms with van der Waals surface area (Å²) < 4.78 is 22.6. The lowest BCUT2D eigenvalue weighted by molar-refractivity contribution is -0.114. The number of sulfone groups is 1. The Morgan fingerprint density at radius 2 is 2.07 bits per heavy atom. The number of amides is 1. The van der Waals surface area contributed by atoms with Crippen LogP contribution >= 0.6 is 11.3 Å². The van der Waals surface area contributed by atoms with Crippen LogP contribution in [-0.4, -0.2) is 25.6 Å². The molecule has 0 aliphatic rings. The molecule has 0 saturated heterocycles. The Morgan fingerprint density at radius 3 is 2.43 bits per heavy atom. The third kappa shape index (κ3) is 2.52. The van der Waals surface area contributed by atoms with Crippen molar-refractivity contribution in [3.8, 4) is 0 Å². The minimum Gasteiger partial charge on any atom is -0.302 e. The molecule has 0 fully saturated rings. The summed E-state index contributed by atoms with van der Waals surface area (Å²) in [6, 6.07) is 0. The zero-order chi connectivity index (χ0) is 10.9. The molecule has 1 heterocycles. The van der Waals surface area contributed by atoms with Crippen LogP contribution in [0.1, 0.15) is 12.6 Å². The summed E-state index contributed by atoms with van der Waals surface area (Å²) in [6.45, 7) is 2.94. The third-order valence-electron chi connectivity index (χ3n) is 1.37. The zero-order valence-electron chi connectivity index (χ0n) is 7.99. The average Bonchev–Trinajstić information content (AvgIpc) is 2.27. The second-order valence-electron chi connectivity index (χ2n) is 2.85. The minimum absolute atomic E-state index is 0.196. The Morgan fingerprint density at radius 1 is 1.50 bits per heavy atom. The standard InChI is InChI=1S/C7H10N2O3S2/c1-4-6(14(3,11)12)13-7(8-4)9-5(2)10/h1-3H3,(H,8,9,10). The minimum atomic E-state index is -3.24. The number of nitrogens with zero attached hydrogens (tertiary/aromatic N) is 1. The maximum atomic E-state index is 11.2. The Labute approximate surface area is 86.1 Å². The number of anilines is 1.